The number of hydrogen-bond donors (Lipinski definition) is 1. The summed E-state index contributed by atoms with van der Waals surface area (Å²) in [6.45, 7) is 0.00608. The lowest BCUT2D eigenvalue weighted by Crippen LogP contribution is -2.23. The topological polar surface area (TPSA) is 59.2 Å². The summed E-state index contributed by atoms with van der Waals surface area (Å²) in [6.07, 6.45) is 1.64. The summed E-state index contributed by atoms with van der Waals surface area (Å²) in [6, 6.07) is 13.3. The molecule has 4 nitrogen and oxygen atoms in total. The first-order valence-corrected chi connectivity index (χ1v) is 8.39. The number of rotatable bonds is 4. The van der Waals surface area contributed by atoms with Crippen LogP contribution in [0.5, 0.6) is 0 Å². The lowest BCUT2D eigenvalue weighted by atomic mass is 10.1. The van der Waals surface area contributed by atoms with Crippen LogP contribution in [0.15, 0.2) is 52.6 Å². The van der Waals surface area contributed by atoms with Gasteiger partial charge in [0.25, 0.3) is 5.56 Å². The van der Waals surface area contributed by atoms with Gasteiger partial charge in [-0.25, -0.2) is 0 Å². The number of benzene rings is 1. The zero-order valence-electron chi connectivity index (χ0n) is 12.4. The molecule has 3 aromatic rings. The van der Waals surface area contributed by atoms with E-state index in [1.165, 1.54) is 0 Å². The Hall–Kier alpha value is -2.40. The molecule has 0 radical (unpaired) electrons. The molecule has 2 aromatic heterocycles. The molecule has 1 fully saturated rings. The van der Waals surface area contributed by atoms with Crippen LogP contribution in [0.4, 0.5) is 0 Å². The molecule has 1 aliphatic carbocycles. The van der Waals surface area contributed by atoms with E-state index in [2.05, 4.69) is 4.98 Å². The van der Waals surface area contributed by atoms with Crippen LogP contribution in [-0.2, 0) is 21.6 Å². The molecule has 23 heavy (non-hydrogen) atoms. The number of aromatic amines is 1. The molecule has 0 spiro atoms. The third kappa shape index (κ3) is 2.47. The Morgan fingerprint density at radius 1 is 1.22 bits per heavy atom. The fourth-order valence-electron chi connectivity index (χ4n) is 2.81. The molecule has 0 bridgehead atoms. The summed E-state index contributed by atoms with van der Waals surface area (Å²) in [5.74, 6) is -0.229. The van der Waals surface area contributed by atoms with Gasteiger partial charge in [0.2, 0.25) is 0 Å². The van der Waals surface area contributed by atoms with E-state index in [4.69, 9.17) is 4.74 Å². The standard InChI is InChI=1S/C18H15NO3S/c20-16-13(10-12-4-1-2-5-14(12)19-16)11-22-17(21)18(7-8-18)15-6-3-9-23-15/h1-6,9-10H,7-8,11H2,(H,19,20). The number of para-hydroxylation sites is 1. The number of ether oxygens (including phenoxy) is 1. The molecular formula is C18H15NO3S. The molecule has 0 atom stereocenters. The van der Waals surface area contributed by atoms with Crippen molar-refractivity contribution in [3.8, 4) is 0 Å². The second-order valence-electron chi connectivity index (χ2n) is 5.85. The van der Waals surface area contributed by atoms with Crippen molar-refractivity contribution in [3.05, 3.63) is 68.6 Å². The number of thiophene rings is 1. The minimum Gasteiger partial charge on any atom is -0.460 e. The zero-order chi connectivity index (χ0) is 15.9. The molecule has 0 aliphatic heterocycles. The van der Waals surface area contributed by atoms with Crippen molar-refractivity contribution in [3.63, 3.8) is 0 Å². The Balaban J connectivity index is 1.54. The number of pyridine rings is 1. The minimum atomic E-state index is -0.474. The Bertz CT molecular complexity index is 923. The van der Waals surface area contributed by atoms with Gasteiger partial charge in [-0.05, 0) is 41.8 Å². The van der Waals surface area contributed by atoms with Crippen molar-refractivity contribution < 1.29 is 9.53 Å². The van der Waals surface area contributed by atoms with Gasteiger partial charge in [0, 0.05) is 10.4 Å². The van der Waals surface area contributed by atoms with Gasteiger partial charge >= 0.3 is 5.97 Å². The van der Waals surface area contributed by atoms with Crippen LogP contribution in [-0.4, -0.2) is 11.0 Å². The average molecular weight is 325 g/mol. The molecule has 0 amide bonds. The average Bonchev–Trinajstić information content (AvgIpc) is 3.19. The van der Waals surface area contributed by atoms with Crippen molar-refractivity contribution in [2.75, 3.05) is 0 Å². The smallest absolute Gasteiger partial charge is 0.317 e. The number of aromatic nitrogens is 1. The highest BCUT2D eigenvalue weighted by molar-refractivity contribution is 7.10. The quantitative estimate of drug-likeness (QED) is 0.748. The third-order valence-corrected chi connectivity index (χ3v) is 5.40. The number of hydrogen-bond acceptors (Lipinski definition) is 4. The highest BCUT2D eigenvalue weighted by Crippen LogP contribution is 2.50. The number of fused-ring (bicyclic) bond motifs is 1. The molecule has 0 saturated heterocycles. The zero-order valence-corrected chi connectivity index (χ0v) is 13.2. The predicted molar refractivity (Wildman–Crippen MR) is 89.6 cm³/mol. The van der Waals surface area contributed by atoms with Crippen LogP contribution >= 0.6 is 11.3 Å². The Morgan fingerprint density at radius 2 is 2.04 bits per heavy atom. The number of esters is 1. The normalized spacial score (nSPS) is 15.5. The van der Waals surface area contributed by atoms with Crippen LogP contribution in [0.3, 0.4) is 0 Å². The van der Waals surface area contributed by atoms with E-state index in [9.17, 15) is 9.59 Å². The van der Waals surface area contributed by atoms with Crippen molar-refractivity contribution in [1.82, 2.24) is 4.98 Å². The lowest BCUT2D eigenvalue weighted by molar-refractivity contribution is -0.148. The molecule has 5 heteroatoms. The van der Waals surface area contributed by atoms with Gasteiger partial charge in [0.1, 0.15) is 12.0 Å². The van der Waals surface area contributed by atoms with Gasteiger partial charge in [-0.1, -0.05) is 24.3 Å². The number of nitrogens with one attached hydrogen (secondary N) is 1. The predicted octanol–water partition coefficient (Wildman–Crippen LogP) is 3.36. The molecule has 4 rings (SSSR count). The Labute approximate surface area is 136 Å². The highest BCUT2D eigenvalue weighted by Gasteiger charge is 2.53. The highest BCUT2D eigenvalue weighted by atomic mass is 32.1. The summed E-state index contributed by atoms with van der Waals surface area (Å²) >= 11 is 1.58. The van der Waals surface area contributed by atoms with Gasteiger partial charge in [0.15, 0.2) is 0 Å². The van der Waals surface area contributed by atoms with Crippen molar-refractivity contribution in [1.29, 1.82) is 0 Å². The molecule has 116 valence electrons. The number of carbonyl (C=O) groups excluding carboxylic acids is 1. The molecule has 1 aromatic carbocycles. The summed E-state index contributed by atoms with van der Waals surface area (Å²) in [7, 11) is 0. The Kier molecular flexibility index (Phi) is 3.31. The van der Waals surface area contributed by atoms with Crippen LogP contribution in [0.1, 0.15) is 23.3 Å². The summed E-state index contributed by atoms with van der Waals surface area (Å²) in [5, 5.41) is 2.90. The van der Waals surface area contributed by atoms with Crippen molar-refractivity contribution >= 4 is 28.2 Å². The van der Waals surface area contributed by atoms with Gasteiger partial charge in [-0.15, -0.1) is 11.3 Å². The molecule has 2 heterocycles. The maximum absolute atomic E-state index is 12.4. The lowest BCUT2D eigenvalue weighted by Gasteiger charge is -2.12. The summed E-state index contributed by atoms with van der Waals surface area (Å²) in [4.78, 5) is 28.4. The van der Waals surface area contributed by atoms with Gasteiger partial charge in [-0.2, -0.15) is 0 Å². The second-order valence-corrected chi connectivity index (χ2v) is 6.79. The first-order chi connectivity index (χ1) is 11.2. The first-order valence-electron chi connectivity index (χ1n) is 7.51. The van der Waals surface area contributed by atoms with Crippen LogP contribution < -0.4 is 5.56 Å². The van der Waals surface area contributed by atoms with Gasteiger partial charge in [-0.3, -0.25) is 9.59 Å². The van der Waals surface area contributed by atoms with E-state index < -0.39 is 5.41 Å². The maximum Gasteiger partial charge on any atom is 0.317 e. The molecule has 1 saturated carbocycles. The molecule has 1 aliphatic rings. The van der Waals surface area contributed by atoms with Crippen molar-refractivity contribution in [2.45, 2.75) is 24.9 Å². The maximum atomic E-state index is 12.4. The second kappa shape index (κ2) is 5.35. The SMILES string of the molecule is O=C(OCc1cc2ccccc2[nH]c1=O)C1(c2cccs2)CC1. The number of carbonyl (C=O) groups is 1. The third-order valence-electron chi connectivity index (χ3n) is 4.32. The molecule has 1 N–H and O–H groups in total. The number of H-pyrrole nitrogens is 1. The summed E-state index contributed by atoms with van der Waals surface area (Å²) in [5.41, 5.74) is 0.568. The van der Waals surface area contributed by atoms with Gasteiger partial charge in [0.05, 0.1) is 5.56 Å². The monoisotopic (exact) mass is 325 g/mol. The van der Waals surface area contributed by atoms with E-state index in [-0.39, 0.29) is 18.1 Å². The molecular weight excluding hydrogens is 310 g/mol. The van der Waals surface area contributed by atoms with E-state index in [1.54, 1.807) is 17.4 Å². The van der Waals surface area contributed by atoms with E-state index in [0.29, 0.717) is 5.56 Å². The van der Waals surface area contributed by atoms with E-state index >= 15 is 0 Å². The molecule has 0 unspecified atom stereocenters. The van der Waals surface area contributed by atoms with Crippen LogP contribution in [0, 0.1) is 0 Å². The van der Waals surface area contributed by atoms with Crippen LogP contribution in [0.25, 0.3) is 10.9 Å². The largest absolute Gasteiger partial charge is 0.460 e. The van der Waals surface area contributed by atoms with Crippen LogP contribution in [0.2, 0.25) is 0 Å². The van der Waals surface area contributed by atoms with Crippen molar-refractivity contribution in [2.24, 2.45) is 0 Å². The fraction of sp³-hybridized carbons (Fsp3) is 0.222. The van der Waals surface area contributed by atoms with Gasteiger partial charge < -0.3 is 9.72 Å². The Morgan fingerprint density at radius 3 is 2.78 bits per heavy atom. The first kappa shape index (κ1) is 14.2. The summed E-state index contributed by atoms with van der Waals surface area (Å²) < 4.78 is 5.46. The van der Waals surface area contributed by atoms with E-state index in [1.807, 2.05) is 41.8 Å². The minimum absolute atomic E-state index is 0.00608. The van der Waals surface area contributed by atoms with E-state index in [0.717, 1.165) is 28.6 Å². The fourth-order valence-corrected chi connectivity index (χ4v) is 3.78.